The number of rotatable bonds is 4. The largest absolute Gasteiger partial charge is 0.345 e. The summed E-state index contributed by atoms with van der Waals surface area (Å²) in [5, 5.41) is 12.9. The van der Waals surface area contributed by atoms with E-state index in [1.54, 1.807) is 18.2 Å². The maximum Gasteiger partial charge on any atom is 0.262 e. The first-order valence-corrected chi connectivity index (χ1v) is 7.69. The fourth-order valence-corrected chi connectivity index (χ4v) is 2.62. The molecule has 1 N–H and O–H groups in total. The van der Waals surface area contributed by atoms with Gasteiger partial charge in [0.2, 0.25) is 0 Å². The van der Waals surface area contributed by atoms with Gasteiger partial charge in [0.25, 0.3) is 5.91 Å². The van der Waals surface area contributed by atoms with Crippen LogP contribution in [0.3, 0.4) is 0 Å². The minimum absolute atomic E-state index is 0.00823. The highest BCUT2D eigenvalue weighted by Crippen LogP contribution is 2.21. The van der Waals surface area contributed by atoms with Crippen molar-refractivity contribution in [3.8, 4) is 6.07 Å². The molecule has 0 radical (unpaired) electrons. The Hall–Kier alpha value is -2.28. The highest BCUT2D eigenvalue weighted by molar-refractivity contribution is 6.34. The molecule has 3 nitrogen and oxygen atoms in total. The second kappa shape index (κ2) is 7.82. The molecule has 2 aromatic rings. The van der Waals surface area contributed by atoms with E-state index in [4.69, 9.17) is 23.2 Å². The van der Waals surface area contributed by atoms with E-state index in [0.29, 0.717) is 15.6 Å². The maximum absolute atomic E-state index is 12.3. The molecular weight excluding hydrogens is 331 g/mol. The minimum atomic E-state index is -0.444. The SMILES string of the molecule is CC(NC(=O)/C(C#N)=C\c1cc(Cl)cc(Cl)c1)c1ccccc1. The third-order valence-electron chi connectivity index (χ3n) is 3.21. The lowest BCUT2D eigenvalue weighted by molar-refractivity contribution is -0.117. The molecule has 5 heteroatoms. The van der Waals surface area contributed by atoms with Gasteiger partial charge in [-0.1, -0.05) is 53.5 Å². The Labute approximate surface area is 145 Å². The average molecular weight is 345 g/mol. The molecular formula is C18H14Cl2N2O. The van der Waals surface area contributed by atoms with Crippen molar-refractivity contribution in [3.63, 3.8) is 0 Å². The molecule has 0 aliphatic carbocycles. The Morgan fingerprint density at radius 3 is 2.35 bits per heavy atom. The van der Waals surface area contributed by atoms with Crippen molar-refractivity contribution in [2.45, 2.75) is 13.0 Å². The maximum atomic E-state index is 12.3. The number of carbonyl (C=O) groups is 1. The van der Waals surface area contributed by atoms with Crippen LogP contribution in [0.4, 0.5) is 0 Å². The summed E-state index contributed by atoms with van der Waals surface area (Å²) in [4.78, 5) is 12.3. The van der Waals surface area contributed by atoms with Crippen molar-refractivity contribution in [2.24, 2.45) is 0 Å². The predicted molar refractivity (Wildman–Crippen MR) is 93.1 cm³/mol. The van der Waals surface area contributed by atoms with E-state index in [2.05, 4.69) is 5.32 Å². The van der Waals surface area contributed by atoms with Gasteiger partial charge in [0.1, 0.15) is 11.6 Å². The Kier molecular flexibility index (Phi) is 5.81. The molecule has 0 heterocycles. The lowest BCUT2D eigenvalue weighted by Gasteiger charge is -2.13. The van der Waals surface area contributed by atoms with Gasteiger partial charge in [-0.15, -0.1) is 0 Å². The van der Waals surface area contributed by atoms with Crippen LogP contribution < -0.4 is 5.32 Å². The second-order valence-corrected chi connectivity index (χ2v) is 5.85. The molecule has 1 amide bonds. The first-order valence-electron chi connectivity index (χ1n) is 6.93. The standard InChI is InChI=1S/C18H14Cl2N2O/c1-12(14-5-3-2-4-6-14)22-18(23)15(11-21)7-13-8-16(19)10-17(20)9-13/h2-10,12H,1H3,(H,22,23)/b15-7-. The number of nitrogens with zero attached hydrogens (tertiary/aromatic N) is 1. The van der Waals surface area contributed by atoms with Gasteiger partial charge in [-0.25, -0.2) is 0 Å². The monoisotopic (exact) mass is 344 g/mol. The zero-order valence-electron chi connectivity index (χ0n) is 12.4. The molecule has 0 aromatic heterocycles. The van der Waals surface area contributed by atoms with Crippen molar-refractivity contribution in [1.29, 1.82) is 5.26 Å². The molecule has 1 unspecified atom stereocenters. The van der Waals surface area contributed by atoms with E-state index in [1.807, 2.05) is 43.3 Å². The number of hydrogen-bond acceptors (Lipinski definition) is 2. The molecule has 2 rings (SSSR count). The summed E-state index contributed by atoms with van der Waals surface area (Å²) in [5.74, 6) is -0.444. The van der Waals surface area contributed by atoms with Gasteiger partial charge >= 0.3 is 0 Å². The predicted octanol–water partition coefficient (Wildman–Crippen LogP) is 4.78. The number of nitrogens with one attached hydrogen (secondary N) is 1. The van der Waals surface area contributed by atoms with Crippen molar-refractivity contribution >= 4 is 35.2 Å². The van der Waals surface area contributed by atoms with Crippen molar-refractivity contribution in [3.05, 3.63) is 75.3 Å². The Balaban J connectivity index is 2.18. The zero-order valence-corrected chi connectivity index (χ0v) is 13.9. The fraction of sp³-hybridized carbons (Fsp3) is 0.111. The summed E-state index contributed by atoms with van der Waals surface area (Å²) < 4.78 is 0. The molecule has 23 heavy (non-hydrogen) atoms. The first kappa shape index (κ1) is 17.1. The molecule has 0 saturated carbocycles. The number of benzene rings is 2. The van der Waals surface area contributed by atoms with E-state index in [1.165, 1.54) is 6.08 Å². The van der Waals surface area contributed by atoms with Crippen LogP contribution in [0.5, 0.6) is 0 Å². The van der Waals surface area contributed by atoms with Crippen molar-refractivity contribution in [2.75, 3.05) is 0 Å². The third-order valence-corrected chi connectivity index (χ3v) is 3.64. The van der Waals surface area contributed by atoms with E-state index in [0.717, 1.165) is 5.56 Å². The van der Waals surface area contributed by atoms with Gasteiger partial charge in [0.05, 0.1) is 6.04 Å². The fourth-order valence-electron chi connectivity index (χ4n) is 2.07. The zero-order chi connectivity index (χ0) is 16.8. The number of hydrogen-bond donors (Lipinski definition) is 1. The minimum Gasteiger partial charge on any atom is -0.345 e. The Bertz CT molecular complexity index is 759. The lowest BCUT2D eigenvalue weighted by atomic mass is 10.1. The van der Waals surface area contributed by atoms with Crippen molar-refractivity contribution < 1.29 is 4.79 Å². The van der Waals surface area contributed by atoms with E-state index >= 15 is 0 Å². The smallest absolute Gasteiger partial charge is 0.262 e. The average Bonchev–Trinajstić information content (AvgIpc) is 2.52. The topological polar surface area (TPSA) is 52.9 Å². The van der Waals surface area contributed by atoms with E-state index in [-0.39, 0.29) is 11.6 Å². The van der Waals surface area contributed by atoms with Crippen LogP contribution in [0.15, 0.2) is 54.1 Å². The third kappa shape index (κ3) is 4.85. The van der Waals surface area contributed by atoms with Gasteiger partial charge in [-0.05, 0) is 42.3 Å². The highest BCUT2D eigenvalue weighted by atomic mass is 35.5. The van der Waals surface area contributed by atoms with Crippen LogP contribution in [-0.4, -0.2) is 5.91 Å². The molecule has 0 spiro atoms. The van der Waals surface area contributed by atoms with Crippen LogP contribution in [0.2, 0.25) is 10.0 Å². The summed E-state index contributed by atoms with van der Waals surface area (Å²) in [6.45, 7) is 1.86. The number of halogens is 2. The van der Waals surface area contributed by atoms with Gasteiger partial charge in [-0.3, -0.25) is 4.79 Å². The number of carbonyl (C=O) groups excluding carboxylic acids is 1. The van der Waals surface area contributed by atoms with Crippen LogP contribution in [-0.2, 0) is 4.79 Å². The molecule has 0 aliphatic rings. The molecule has 1 atom stereocenters. The Morgan fingerprint density at radius 1 is 1.17 bits per heavy atom. The van der Waals surface area contributed by atoms with Crippen LogP contribution in [0, 0.1) is 11.3 Å². The van der Waals surface area contributed by atoms with Gasteiger partial charge in [-0.2, -0.15) is 5.26 Å². The van der Waals surface area contributed by atoms with Gasteiger partial charge < -0.3 is 5.32 Å². The van der Waals surface area contributed by atoms with Crippen LogP contribution in [0.1, 0.15) is 24.1 Å². The summed E-state index contributed by atoms with van der Waals surface area (Å²) in [7, 11) is 0. The number of nitriles is 1. The first-order chi connectivity index (χ1) is 11.0. The van der Waals surface area contributed by atoms with Crippen LogP contribution in [0.25, 0.3) is 6.08 Å². The molecule has 0 saturated heterocycles. The summed E-state index contributed by atoms with van der Waals surface area (Å²) in [5.41, 5.74) is 1.55. The molecule has 116 valence electrons. The summed E-state index contributed by atoms with van der Waals surface area (Å²) in [6, 6.07) is 16.1. The van der Waals surface area contributed by atoms with Crippen molar-refractivity contribution in [1.82, 2.24) is 5.32 Å². The molecule has 0 bridgehead atoms. The Morgan fingerprint density at radius 2 is 1.78 bits per heavy atom. The lowest BCUT2D eigenvalue weighted by Crippen LogP contribution is -2.27. The molecule has 2 aromatic carbocycles. The normalized spacial score (nSPS) is 12.3. The summed E-state index contributed by atoms with van der Waals surface area (Å²) >= 11 is 11.8. The highest BCUT2D eigenvalue weighted by Gasteiger charge is 2.13. The quantitative estimate of drug-likeness (QED) is 0.641. The van der Waals surface area contributed by atoms with Gasteiger partial charge in [0.15, 0.2) is 0 Å². The van der Waals surface area contributed by atoms with Crippen LogP contribution >= 0.6 is 23.2 Å². The van der Waals surface area contributed by atoms with E-state index < -0.39 is 5.91 Å². The van der Waals surface area contributed by atoms with Gasteiger partial charge in [0, 0.05) is 10.0 Å². The summed E-state index contributed by atoms with van der Waals surface area (Å²) in [6.07, 6.45) is 1.46. The van der Waals surface area contributed by atoms with E-state index in [9.17, 15) is 10.1 Å². The number of amides is 1. The molecule has 0 fully saturated rings. The molecule has 0 aliphatic heterocycles. The second-order valence-electron chi connectivity index (χ2n) is 4.98.